The van der Waals surface area contributed by atoms with Crippen LogP contribution in [0, 0.1) is 6.92 Å². The van der Waals surface area contributed by atoms with Gasteiger partial charge in [0.15, 0.2) is 0 Å². The summed E-state index contributed by atoms with van der Waals surface area (Å²) in [4.78, 5) is 5.55. The molecule has 102 valence electrons. The molecule has 4 heteroatoms. The summed E-state index contributed by atoms with van der Waals surface area (Å²) < 4.78 is 0. The van der Waals surface area contributed by atoms with E-state index in [1.54, 1.807) is 11.3 Å². The average Bonchev–Trinajstić information content (AvgIpc) is 2.85. The Balaban J connectivity index is 2.00. The highest BCUT2D eigenvalue weighted by molar-refractivity contribution is 7.09. The number of nitrogens with zero attached hydrogens (tertiary/aromatic N) is 1. The topological polar surface area (TPSA) is 45.2 Å². The van der Waals surface area contributed by atoms with Crippen LogP contribution in [0.25, 0.3) is 0 Å². The molecule has 1 aromatic heterocycles. The molecule has 0 radical (unpaired) electrons. The number of aliphatic hydroxyl groups is 1. The maximum Gasteiger partial charge on any atom is 0.0798 e. The minimum atomic E-state index is 0.241. The fraction of sp³-hybridized carbons (Fsp3) is 0.400. The molecule has 0 saturated heterocycles. The number of benzene rings is 1. The molecule has 1 atom stereocenters. The number of aryl methyl sites for hydroxylation is 1. The zero-order valence-corrected chi connectivity index (χ0v) is 12.0. The third-order valence-electron chi connectivity index (χ3n) is 3.21. The van der Waals surface area contributed by atoms with Crippen LogP contribution in [0.15, 0.2) is 35.8 Å². The van der Waals surface area contributed by atoms with Crippen molar-refractivity contribution >= 4 is 11.3 Å². The lowest BCUT2D eigenvalue weighted by molar-refractivity contribution is 0.275. The number of hydrogen-bond acceptors (Lipinski definition) is 4. The third-order valence-corrected chi connectivity index (χ3v) is 4.14. The first-order chi connectivity index (χ1) is 9.31. The standard InChI is InChI=1S/C15H20N2OS/c1-12-15(19-11-17-12)10-16-14(8-5-9-18)13-6-3-2-4-7-13/h2-4,6-7,11,14,16,18H,5,8-10H2,1H3. The van der Waals surface area contributed by atoms with Crippen LogP contribution in [-0.2, 0) is 6.54 Å². The second kappa shape index (κ2) is 7.38. The lowest BCUT2D eigenvalue weighted by atomic mass is 10.0. The molecule has 0 bridgehead atoms. The quantitative estimate of drug-likeness (QED) is 0.817. The lowest BCUT2D eigenvalue weighted by Crippen LogP contribution is -2.21. The van der Waals surface area contributed by atoms with Crippen molar-refractivity contribution in [2.75, 3.05) is 6.61 Å². The Morgan fingerprint density at radius 1 is 1.32 bits per heavy atom. The maximum atomic E-state index is 9.02. The molecule has 2 aromatic rings. The summed E-state index contributed by atoms with van der Waals surface area (Å²) in [5.41, 5.74) is 4.27. The monoisotopic (exact) mass is 276 g/mol. The molecule has 1 aromatic carbocycles. The van der Waals surface area contributed by atoms with Gasteiger partial charge in [-0.1, -0.05) is 30.3 Å². The highest BCUT2D eigenvalue weighted by Gasteiger charge is 2.11. The Morgan fingerprint density at radius 3 is 2.74 bits per heavy atom. The van der Waals surface area contributed by atoms with Gasteiger partial charge >= 0.3 is 0 Å². The van der Waals surface area contributed by atoms with E-state index in [4.69, 9.17) is 5.11 Å². The molecule has 0 fully saturated rings. The van der Waals surface area contributed by atoms with Crippen LogP contribution in [0.1, 0.15) is 35.0 Å². The first-order valence-electron chi connectivity index (χ1n) is 6.59. The summed E-state index contributed by atoms with van der Waals surface area (Å²) in [7, 11) is 0. The number of rotatable bonds is 7. The number of thiazole rings is 1. The van der Waals surface area contributed by atoms with Crippen molar-refractivity contribution in [1.82, 2.24) is 10.3 Å². The second-order valence-corrected chi connectivity index (χ2v) is 5.51. The molecule has 1 unspecified atom stereocenters. The van der Waals surface area contributed by atoms with Crippen LogP contribution in [0.4, 0.5) is 0 Å². The van der Waals surface area contributed by atoms with Crippen molar-refractivity contribution in [3.05, 3.63) is 52.0 Å². The minimum Gasteiger partial charge on any atom is -0.396 e. The number of nitrogens with one attached hydrogen (secondary N) is 1. The van der Waals surface area contributed by atoms with Crippen molar-refractivity contribution in [1.29, 1.82) is 0 Å². The second-order valence-electron chi connectivity index (χ2n) is 4.57. The van der Waals surface area contributed by atoms with Crippen molar-refractivity contribution in [2.45, 2.75) is 32.4 Å². The Labute approximate surface area is 118 Å². The van der Waals surface area contributed by atoms with Gasteiger partial charge in [-0.25, -0.2) is 4.98 Å². The molecule has 0 aliphatic carbocycles. The first-order valence-corrected chi connectivity index (χ1v) is 7.47. The SMILES string of the molecule is Cc1ncsc1CNC(CCCO)c1ccccc1. The molecular formula is C15H20N2OS. The zero-order valence-electron chi connectivity index (χ0n) is 11.2. The highest BCUT2D eigenvalue weighted by atomic mass is 32.1. The molecule has 1 heterocycles. The van der Waals surface area contributed by atoms with Gasteiger partial charge in [-0.2, -0.15) is 0 Å². The molecular weight excluding hydrogens is 256 g/mol. The van der Waals surface area contributed by atoms with Crippen molar-refractivity contribution < 1.29 is 5.11 Å². The molecule has 0 aliphatic rings. The van der Waals surface area contributed by atoms with Crippen molar-refractivity contribution in [3.8, 4) is 0 Å². The fourth-order valence-corrected chi connectivity index (χ4v) is 2.81. The molecule has 0 amide bonds. The van der Waals surface area contributed by atoms with Gasteiger partial charge in [-0.05, 0) is 25.3 Å². The Hall–Kier alpha value is -1.23. The van der Waals surface area contributed by atoms with Crippen LogP contribution in [0.5, 0.6) is 0 Å². The molecule has 3 nitrogen and oxygen atoms in total. The van der Waals surface area contributed by atoms with E-state index in [2.05, 4.69) is 34.6 Å². The van der Waals surface area contributed by atoms with Gasteiger partial charge in [0.25, 0.3) is 0 Å². The summed E-state index contributed by atoms with van der Waals surface area (Å²) in [6.07, 6.45) is 1.76. The first kappa shape index (κ1) is 14.2. The van der Waals surface area contributed by atoms with E-state index in [9.17, 15) is 0 Å². The third kappa shape index (κ3) is 4.13. The molecule has 2 rings (SSSR count). The summed E-state index contributed by atoms with van der Waals surface area (Å²) in [5.74, 6) is 0. The van der Waals surface area contributed by atoms with E-state index < -0.39 is 0 Å². The average molecular weight is 276 g/mol. The predicted molar refractivity (Wildman–Crippen MR) is 79.2 cm³/mol. The van der Waals surface area contributed by atoms with Crippen molar-refractivity contribution in [2.24, 2.45) is 0 Å². The molecule has 0 saturated carbocycles. The van der Waals surface area contributed by atoms with Gasteiger partial charge in [-0.15, -0.1) is 11.3 Å². The van der Waals surface area contributed by atoms with Crippen LogP contribution in [0.3, 0.4) is 0 Å². The smallest absolute Gasteiger partial charge is 0.0798 e. The van der Waals surface area contributed by atoms with Crippen LogP contribution < -0.4 is 5.32 Å². The Morgan fingerprint density at radius 2 is 2.11 bits per heavy atom. The van der Waals surface area contributed by atoms with E-state index in [1.165, 1.54) is 10.4 Å². The summed E-state index contributed by atoms with van der Waals surface area (Å²) >= 11 is 1.69. The van der Waals surface area contributed by atoms with Gasteiger partial charge in [0.2, 0.25) is 0 Å². The van der Waals surface area contributed by atoms with E-state index in [0.717, 1.165) is 25.1 Å². The van der Waals surface area contributed by atoms with E-state index in [0.29, 0.717) is 0 Å². The fourth-order valence-electron chi connectivity index (χ4n) is 2.08. The van der Waals surface area contributed by atoms with Gasteiger partial charge in [0.1, 0.15) is 0 Å². The molecule has 2 N–H and O–H groups in total. The zero-order chi connectivity index (χ0) is 13.5. The van der Waals surface area contributed by atoms with Gasteiger partial charge in [-0.3, -0.25) is 0 Å². The predicted octanol–water partition coefficient (Wildman–Crippen LogP) is 3.05. The molecule has 0 aliphatic heterocycles. The number of aliphatic hydroxyl groups excluding tert-OH is 1. The molecule has 0 spiro atoms. The van der Waals surface area contributed by atoms with Gasteiger partial charge < -0.3 is 10.4 Å². The summed E-state index contributed by atoms with van der Waals surface area (Å²) in [5, 5.41) is 12.6. The van der Waals surface area contributed by atoms with E-state index in [1.807, 2.05) is 18.5 Å². The maximum absolute atomic E-state index is 9.02. The van der Waals surface area contributed by atoms with E-state index >= 15 is 0 Å². The van der Waals surface area contributed by atoms with Crippen molar-refractivity contribution in [3.63, 3.8) is 0 Å². The van der Waals surface area contributed by atoms with Gasteiger partial charge in [0.05, 0.1) is 11.2 Å². The Bertz CT molecular complexity index is 484. The van der Waals surface area contributed by atoms with Crippen LogP contribution in [-0.4, -0.2) is 16.7 Å². The number of aromatic nitrogens is 1. The largest absolute Gasteiger partial charge is 0.396 e. The Kier molecular flexibility index (Phi) is 5.51. The van der Waals surface area contributed by atoms with Gasteiger partial charge in [0, 0.05) is 24.1 Å². The van der Waals surface area contributed by atoms with Crippen LogP contribution in [0.2, 0.25) is 0 Å². The minimum absolute atomic E-state index is 0.241. The molecule has 19 heavy (non-hydrogen) atoms. The van der Waals surface area contributed by atoms with Crippen LogP contribution >= 0.6 is 11.3 Å². The normalized spacial score (nSPS) is 12.5. The van der Waals surface area contributed by atoms with E-state index in [-0.39, 0.29) is 12.6 Å². The highest BCUT2D eigenvalue weighted by Crippen LogP contribution is 2.20. The lowest BCUT2D eigenvalue weighted by Gasteiger charge is -2.18. The summed E-state index contributed by atoms with van der Waals surface area (Å²) in [6.45, 7) is 3.12. The number of hydrogen-bond donors (Lipinski definition) is 2. The summed E-state index contributed by atoms with van der Waals surface area (Å²) in [6, 6.07) is 10.7.